The number of pyridine rings is 1. The first-order valence-corrected chi connectivity index (χ1v) is 17.3. The first-order chi connectivity index (χ1) is 24.4. The van der Waals surface area contributed by atoms with Crippen LogP contribution in [0.3, 0.4) is 0 Å². The highest BCUT2D eigenvalue weighted by atomic mass is 35.5. The van der Waals surface area contributed by atoms with E-state index in [0.29, 0.717) is 52.5 Å². The van der Waals surface area contributed by atoms with Gasteiger partial charge in [-0.2, -0.15) is 0 Å². The molecule has 260 valence electrons. The summed E-state index contributed by atoms with van der Waals surface area (Å²) in [7, 11) is 3.24. The Hall–Kier alpha value is -4.48. The van der Waals surface area contributed by atoms with E-state index in [1.54, 1.807) is 14.2 Å². The molecular formula is C38H38Cl2N4O6. The van der Waals surface area contributed by atoms with Gasteiger partial charge in [-0.3, -0.25) is 9.69 Å². The summed E-state index contributed by atoms with van der Waals surface area (Å²) in [5.74, 6) is 2.18. The fourth-order valence-electron chi connectivity index (χ4n) is 6.53. The zero-order valence-electron chi connectivity index (χ0n) is 27.9. The van der Waals surface area contributed by atoms with E-state index in [4.69, 9.17) is 51.9 Å². The lowest BCUT2D eigenvalue weighted by molar-refractivity contribution is -0.135. The van der Waals surface area contributed by atoms with Crippen molar-refractivity contribution in [2.45, 2.75) is 25.6 Å². The monoisotopic (exact) mass is 716 g/mol. The van der Waals surface area contributed by atoms with Crippen LogP contribution in [0.5, 0.6) is 23.0 Å². The molecule has 0 saturated carbocycles. The molecule has 1 amide bonds. The minimum atomic E-state index is -0.494. The molecule has 0 aliphatic carbocycles. The lowest BCUT2D eigenvalue weighted by Crippen LogP contribution is -2.43. The van der Waals surface area contributed by atoms with Crippen molar-refractivity contribution in [2.75, 3.05) is 53.7 Å². The molecule has 0 N–H and O–H groups in total. The number of carbonyl (C=O) groups excluding carboxylic acids is 1. The van der Waals surface area contributed by atoms with Crippen LogP contribution in [0.4, 0.5) is 0 Å². The molecule has 5 aromatic rings. The van der Waals surface area contributed by atoms with Gasteiger partial charge in [-0.25, -0.2) is 4.98 Å². The molecule has 3 aromatic carbocycles. The summed E-state index contributed by atoms with van der Waals surface area (Å²) >= 11 is 13.0. The van der Waals surface area contributed by atoms with Crippen LogP contribution < -0.4 is 18.9 Å². The van der Waals surface area contributed by atoms with Gasteiger partial charge in [0.15, 0.2) is 18.1 Å². The normalized spacial score (nSPS) is 16.2. The average Bonchev–Trinajstić information content (AvgIpc) is 3.51. The molecule has 12 heteroatoms. The highest BCUT2D eigenvalue weighted by Crippen LogP contribution is 2.40. The molecule has 1 unspecified atom stereocenters. The maximum absolute atomic E-state index is 14.1. The fraction of sp³-hybridized carbons (Fsp3) is 0.316. The van der Waals surface area contributed by atoms with E-state index in [1.165, 1.54) is 0 Å². The maximum Gasteiger partial charge on any atom is 0.261 e. The molecule has 50 heavy (non-hydrogen) atoms. The summed E-state index contributed by atoms with van der Waals surface area (Å²) in [5, 5.41) is 1.05. The molecule has 1 saturated heterocycles. The molecule has 0 radical (unpaired) electrons. The molecule has 7 rings (SSSR count). The number of hydrogen-bond acceptors (Lipinski definition) is 8. The molecule has 2 aliphatic heterocycles. The number of carbonyl (C=O) groups is 1. The predicted octanol–water partition coefficient (Wildman–Crippen LogP) is 6.62. The SMILES string of the molecule is COc1ccc(COc2cc(C3c4c(nc5cc(Cl)ccn45)CCN3C(=O)COc3ccc(CN4CCOCC4)cc3Cl)ccc2OC)cc1. The Morgan fingerprint density at radius 1 is 0.860 bits per heavy atom. The molecule has 4 heterocycles. The topological polar surface area (TPSA) is 87.0 Å². The molecular weight excluding hydrogens is 679 g/mol. The Morgan fingerprint density at radius 2 is 1.64 bits per heavy atom. The van der Waals surface area contributed by atoms with Gasteiger partial charge in [0.1, 0.15) is 23.8 Å². The predicted molar refractivity (Wildman–Crippen MR) is 191 cm³/mol. The van der Waals surface area contributed by atoms with Crippen molar-refractivity contribution in [1.82, 2.24) is 19.2 Å². The van der Waals surface area contributed by atoms with Crippen LogP contribution in [0, 0.1) is 0 Å². The first-order valence-electron chi connectivity index (χ1n) is 16.5. The van der Waals surface area contributed by atoms with Crippen molar-refractivity contribution in [2.24, 2.45) is 0 Å². The van der Waals surface area contributed by atoms with Crippen molar-refractivity contribution in [3.05, 3.63) is 117 Å². The zero-order valence-corrected chi connectivity index (χ0v) is 29.5. The van der Waals surface area contributed by atoms with Crippen molar-refractivity contribution < 1.29 is 28.5 Å². The summed E-state index contributed by atoms with van der Waals surface area (Å²) in [6.45, 7) is 4.57. The van der Waals surface area contributed by atoms with Gasteiger partial charge >= 0.3 is 0 Å². The van der Waals surface area contributed by atoms with E-state index >= 15 is 0 Å². The van der Waals surface area contributed by atoms with E-state index < -0.39 is 6.04 Å². The number of hydrogen-bond donors (Lipinski definition) is 0. The van der Waals surface area contributed by atoms with Crippen molar-refractivity contribution >= 4 is 34.8 Å². The minimum absolute atomic E-state index is 0.186. The number of rotatable bonds is 11. The number of amides is 1. The number of fused-ring (bicyclic) bond motifs is 3. The fourth-order valence-corrected chi connectivity index (χ4v) is 6.94. The zero-order chi connectivity index (χ0) is 34.6. The minimum Gasteiger partial charge on any atom is -0.497 e. The summed E-state index contributed by atoms with van der Waals surface area (Å²) < 4.78 is 30.8. The highest BCUT2D eigenvalue weighted by molar-refractivity contribution is 6.32. The second-order valence-electron chi connectivity index (χ2n) is 12.2. The van der Waals surface area contributed by atoms with Crippen molar-refractivity contribution in [1.29, 1.82) is 0 Å². The average molecular weight is 718 g/mol. The van der Waals surface area contributed by atoms with Gasteiger partial charge < -0.3 is 33.0 Å². The van der Waals surface area contributed by atoms with E-state index in [9.17, 15) is 4.79 Å². The van der Waals surface area contributed by atoms with Gasteiger partial charge in [0.2, 0.25) is 0 Å². The quantitative estimate of drug-likeness (QED) is 0.151. The standard InChI is InChI=1S/C38H38Cl2N4O6/c1-46-29-7-3-25(4-8-29)23-49-34-20-27(6-10-33(34)47-2)37-38-31(41-35-21-28(39)11-13-43(35)38)12-14-44(37)36(45)24-50-32-9-5-26(19-30(32)40)22-42-15-17-48-18-16-42/h3-11,13,19-21,37H,12,14-18,22-24H2,1-2H3. The van der Waals surface area contributed by atoms with E-state index in [2.05, 4.69) is 4.90 Å². The molecule has 1 atom stereocenters. The Kier molecular flexibility index (Phi) is 10.3. The third-order valence-electron chi connectivity index (χ3n) is 9.10. The number of nitrogens with zero attached hydrogens (tertiary/aromatic N) is 4. The Labute approximate surface area is 301 Å². The van der Waals surface area contributed by atoms with E-state index in [1.807, 2.05) is 88.3 Å². The highest BCUT2D eigenvalue weighted by Gasteiger charge is 2.36. The van der Waals surface area contributed by atoms with Crippen LogP contribution in [-0.2, 0) is 29.1 Å². The molecule has 10 nitrogen and oxygen atoms in total. The number of benzene rings is 3. The molecule has 2 aromatic heterocycles. The van der Waals surface area contributed by atoms with Gasteiger partial charge in [0.25, 0.3) is 5.91 Å². The van der Waals surface area contributed by atoms with Crippen molar-refractivity contribution in [3.63, 3.8) is 0 Å². The number of halogens is 2. The van der Waals surface area contributed by atoms with Crippen LogP contribution in [0.2, 0.25) is 10.0 Å². The van der Waals surface area contributed by atoms with Crippen LogP contribution in [0.1, 0.15) is 34.1 Å². The van der Waals surface area contributed by atoms with Gasteiger partial charge in [-0.15, -0.1) is 0 Å². The third kappa shape index (κ3) is 7.34. The van der Waals surface area contributed by atoms with Gasteiger partial charge in [-0.1, -0.05) is 47.5 Å². The second kappa shape index (κ2) is 15.2. The largest absolute Gasteiger partial charge is 0.497 e. The third-order valence-corrected chi connectivity index (χ3v) is 9.63. The van der Waals surface area contributed by atoms with Crippen LogP contribution >= 0.6 is 23.2 Å². The van der Waals surface area contributed by atoms with Gasteiger partial charge in [0, 0.05) is 49.9 Å². The van der Waals surface area contributed by atoms with Crippen molar-refractivity contribution in [3.8, 4) is 23.0 Å². The second-order valence-corrected chi connectivity index (χ2v) is 13.1. The number of morpholine rings is 1. The Morgan fingerprint density at radius 3 is 2.40 bits per heavy atom. The van der Waals surface area contributed by atoms with Gasteiger partial charge in [0.05, 0.1) is 49.9 Å². The summed E-state index contributed by atoms with van der Waals surface area (Å²) in [6, 6.07) is 22.3. The van der Waals surface area contributed by atoms with Crippen LogP contribution in [0.25, 0.3) is 5.65 Å². The van der Waals surface area contributed by atoms with E-state index in [-0.39, 0.29) is 12.5 Å². The van der Waals surface area contributed by atoms with Crippen LogP contribution in [-0.4, -0.2) is 78.8 Å². The maximum atomic E-state index is 14.1. The van der Waals surface area contributed by atoms with Crippen LogP contribution in [0.15, 0.2) is 79.0 Å². The lowest BCUT2D eigenvalue weighted by Gasteiger charge is -2.36. The first kappa shape index (κ1) is 34.0. The molecule has 0 bridgehead atoms. The smallest absolute Gasteiger partial charge is 0.261 e. The number of aromatic nitrogens is 2. The summed E-state index contributed by atoms with van der Waals surface area (Å²) in [6.07, 6.45) is 2.47. The van der Waals surface area contributed by atoms with E-state index in [0.717, 1.165) is 66.7 Å². The summed E-state index contributed by atoms with van der Waals surface area (Å²) in [5.41, 5.74) is 5.39. The Balaban J connectivity index is 1.16. The molecule has 0 spiro atoms. The molecule has 1 fully saturated rings. The number of imidazole rings is 1. The molecule has 2 aliphatic rings. The number of ether oxygens (including phenoxy) is 5. The Bertz CT molecular complexity index is 1980. The lowest BCUT2D eigenvalue weighted by atomic mass is 9.95. The number of methoxy groups -OCH3 is 2. The van der Waals surface area contributed by atoms with Gasteiger partial charge in [-0.05, 0) is 59.2 Å². The summed E-state index contributed by atoms with van der Waals surface area (Å²) in [4.78, 5) is 23.2.